The first kappa shape index (κ1) is 13.7. The summed E-state index contributed by atoms with van der Waals surface area (Å²) >= 11 is 0. The van der Waals surface area contributed by atoms with Crippen LogP contribution in [0.25, 0.3) is 0 Å². The molecular formula is C12H18N4O3. The van der Waals surface area contributed by atoms with Gasteiger partial charge in [0.15, 0.2) is 0 Å². The van der Waals surface area contributed by atoms with E-state index in [0.717, 1.165) is 0 Å². The highest BCUT2D eigenvalue weighted by Gasteiger charge is 2.19. The van der Waals surface area contributed by atoms with Gasteiger partial charge in [0.25, 0.3) is 5.91 Å². The molecule has 1 saturated heterocycles. The van der Waals surface area contributed by atoms with Gasteiger partial charge in [0.1, 0.15) is 17.8 Å². The molecule has 2 rings (SSSR count). The smallest absolute Gasteiger partial charge is 0.272 e. The van der Waals surface area contributed by atoms with Gasteiger partial charge in [-0.2, -0.15) is 0 Å². The molecule has 1 aliphatic heterocycles. The van der Waals surface area contributed by atoms with Gasteiger partial charge in [0.05, 0.1) is 19.8 Å². The van der Waals surface area contributed by atoms with Crippen molar-refractivity contribution in [2.24, 2.45) is 0 Å². The van der Waals surface area contributed by atoms with Crippen LogP contribution >= 0.6 is 0 Å². The summed E-state index contributed by atoms with van der Waals surface area (Å²) in [7, 11) is 1.63. The van der Waals surface area contributed by atoms with E-state index in [-0.39, 0.29) is 5.91 Å². The van der Waals surface area contributed by atoms with Gasteiger partial charge in [-0.3, -0.25) is 4.79 Å². The maximum Gasteiger partial charge on any atom is 0.272 e. The Morgan fingerprint density at radius 3 is 3.00 bits per heavy atom. The molecule has 0 aliphatic carbocycles. The third-order valence-electron chi connectivity index (χ3n) is 2.80. The summed E-state index contributed by atoms with van der Waals surface area (Å²) in [5.41, 5.74) is 0.400. The van der Waals surface area contributed by atoms with Crippen LogP contribution in [0.1, 0.15) is 10.5 Å². The Morgan fingerprint density at radius 1 is 1.47 bits per heavy atom. The molecule has 0 saturated carbocycles. The molecule has 1 amide bonds. The van der Waals surface area contributed by atoms with Gasteiger partial charge in [-0.1, -0.05) is 0 Å². The average Bonchev–Trinajstić information content (AvgIpc) is 2.48. The zero-order valence-electron chi connectivity index (χ0n) is 11.0. The lowest BCUT2D eigenvalue weighted by molar-refractivity contribution is 0.0299. The first-order chi connectivity index (χ1) is 9.31. The van der Waals surface area contributed by atoms with Crippen molar-refractivity contribution >= 4 is 11.7 Å². The quantitative estimate of drug-likeness (QED) is 0.756. The lowest BCUT2D eigenvalue weighted by atomic mass is 10.3. The minimum Gasteiger partial charge on any atom is -0.383 e. The van der Waals surface area contributed by atoms with Crippen molar-refractivity contribution in [3.05, 3.63) is 18.1 Å². The highest BCUT2D eigenvalue weighted by Crippen LogP contribution is 2.08. The fraction of sp³-hybridized carbons (Fsp3) is 0.583. The van der Waals surface area contributed by atoms with E-state index < -0.39 is 0 Å². The standard InChI is InChI=1S/C12H18N4O3/c1-18-5-2-13-11-8-10(14-9-15-11)12(17)16-3-6-19-7-4-16/h8-9H,2-7H2,1H3,(H,13,14,15). The van der Waals surface area contributed by atoms with Crippen molar-refractivity contribution in [3.8, 4) is 0 Å². The molecule has 7 nitrogen and oxygen atoms in total. The Labute approximate surface area is 111 Å². The SMILES string of the molecule is COCCNc1cc(C(=O)N2CCOCC2)ncn1. The molecule has 7 heteroatoms. The zero-order chi connectivity index (χ0) is 13.5. The van der Waals surface area contributed by atoms with Crippen LogP contribution in [-0.4, -0.2) is 67.3 Å². The maximum atomic E-state index is 12.2. The van der Waals surface area contributed by atoms with Gasteiger partial charge in [-0.05, 0) is 0 Å². The molecule has 2 heterocycles. The Hall–Kier alpha value is -1.73. The van der Waals surface area contributed by atoms with Crippen LogP contribution in [-0.2, 0) is 9.47 Å². The molecule has 0 spiro atoms. The molecule has 0 bridgehead atoms. The second-order valence-corrected chi connectivity index (χ2v) is 4.11. The summed E-state index contributed by atoms with van der Waals surface area (Å²) in [6.45, 7) is 3.59. The summed E-state index contributed by atoms with van der Waals surface area (Å²) in [5, 5.41) is 3.07. The Kier molecular flexibility index (Phi) is 5.05. The van der Waals surface area contributed by atoms with Crippen molar-refractivity contribution in [2.45, 2.75) is 0 Å². The fourth-order valence-corrected chi connectivity index (χ4v) is 1.78. The Bertz CT molecular complexity index is 421. The minimum absolute atomic E-state index is 0.0829. The van der Waals surface area contributed by atoms with E-state index in [4.69, 9.17) is 9.47 Å². The van der Waals surface area contributed by atoms with Gasteiger partial charge in [-0.15, -0.1) is 0 Å². The molecule has 0 radical (unpaired) electrons. The van der Waals surface area contributed by atoms with Crippen LogP contribution < -0.4 is 5.32 Å². The first-order valence-electron chi connectivity index (χ1n) is 6.23. The van der Waals surface area contributed by atoms with Gasteiger partial charge in [0, 0.05) is 32.8 Å². The third kappa shape index (κ3) is 3.87. The van der Waals surface area contributed by atoms with Gasteiger partial charge in [-0.25, -0.2) is 9.97 Å². The van der Waals surface area contributed by atoms with Gasteiger partial charge < -0.3 is 19.7 Å². The molecular weight excluding hydrogens is 248 g/mol. The number of carbonyl (C=O) groups is 1. The number of hydrogen-bond acceptors (Lipinski definition) is 6. The summed E-state index contributed by atoms with van der Waals surface area (Å²) in [6.07, 6.45) is 1.39. The Morgan fingerprint density at radius 2 is 2.26 bits per heavy atom. The second kappa shape index (κ2) is 7.01. The number of morpholine rings is 1. The van der Waals surface area contributed by atoms with E-state index >= 15 is 0 Å². The number of anilines is 1. The molecule has 0 unspecified atom stereocenters. The molecule has 1 aromatic rings. The second-order valence-electron chi connectivity index (χ2n) is 4.11. The van der Waals surface area contributed by atoms with Gasteiger partial charge in [0.2, 0.25) is 0 Å². The van der Waals surface area contributed by atoms with Crippen LogP contribution in [0.15, 0.2) is 12.4 Å². The third-order valence-corrected chi connectivity index (χ3v) is 2.80. The molecule has 0 atom stereocenters. The van der Waals surface area contributed by atoms with E-state index in [1.807, 2.05) is 0 Å². The fourth-order valence-electron chi connectivity index (χ4n) is 1.78. The first-order valence-corrected chi connectivity index (χ1v) is 6.23. The predicted octanol–water partition coefficient (Wildman–Crippen LogP) is 0.00730. The summed E-state index contributed by atoms with van der Waals surface area (Å²) in [6, 6.07) is 1.66. The van der Waals surface area contributed by atoms with E-state index in [2.05, 4.69) is 15.3 Å². The monoisotopic (exact) mass is 266 g/mol. The average molecular weight is 266 g/mol. The zero-order valence-corrected chi connectivity index (χ0v) is 11.0. The number of nitrogens with zero attached hydrogens (tertiary/aromatic N) is 3. The van der Waals surface area contributed by atoms with E-state index in [1.165, 1.54) is 6.33 Å². The number of nitrogens with one attached hydrogen (secondary N) is 1. The molecule has 1 fully saturated rings. The van der Waals surface area contributed by atoms with Crippen LogP contribution in [0.3, 0.4) is 0 Å². The minimum atomic E-state index is -0.0829. The van der Waals surface area contributed by atoms with Crippen LogP contribution in [0.4, 0.5) is 5.82 Å². The molecule has 19 heavy (non-hydrogen) atoms. The van der Waals surface area contributed by atoms with E-state index in [0.29, 0.717) is 51.0 Å². The number of ether oxygens (including phenoxy) is 2. The van der Waals surface area contributed by atoms with E-state index in [1.54, 1.807) is 18.1 Å². The topological polar surface area (TPSA) is 76.6 Å². The number of amides is 1. The van der Waals surface area contributed by atoms with E-state index in [9.17, 15) is 4.79 Å². The molecule has 1 aromatic heterocycles. The number of methoxy groups -OCH3 is 1. The summed E-state index contributed by atoms with van der Waals surface area (Å²) in [5.74, 6) is 0.546. The van der Waals surface area contributed by atoms with Crippen molar-refractivity contribution in [2.75, 3.05) is 51.9 Å². The van der Waals surface area contributed by atoms with Crippen LogP contribution in [0, 0.1) is 0 Å². The lowest BCUT2D eigenvalue weighted by Crippen LogP contribution is -2.41. The molecule has 1 aliphatic rings. The van der Waals surface area contributed by atoms with Crippen molar-refractivity contribution in [3.63, 3.8) is 0 Å². The number of rotatable bonds is 5. The normalized spacial score (nSPS) is 15.3. The Balaban J connectivity index is 1.98. The highest BCUT2D eigenvalue weighted by atomic mass is 16.5. The van der Waals surface area contributed by atoms with Crippen molar-refractivity contribution in [1.29, 1.82) is 0 Å². The van der Waals surface area contributed by atoms with Crippen LogP contribution in [0.2, 0.25) is 0 Å². The van der Waals surface area contributed by atoms with Crippen LogP contribution in [0.5, 0.6) is 0 Å². The van der Waals surface area contributed by atoms with Gasteiger partial charge >= 0.3 is 0 Å². The summed E-state index contributed by atoms with van der Waals surface area (Å²) in [4.78, 5) is 22.0. The number of hydrogen-bond donors (Lipinski definition) is 1. The van der Waals surface area contributed by atoms with Crippen molar-refractivity contribution in [1.82, 2.24) is 14.9 Å². The molecule has 1 N–H and O–H groups in total. The molecule has 0 aromatic carbocycles. The summed E-state index contributed by atoms with van der Waals surface area (Å²) < 4.78 is 10.2. The predicted molar refractivity (Wildman–Crippen MR) is 69.1 cm³/mol. The lowest BCUT2D eigenvalue weighted by Gasteiger charge is -2.26. The largest absolute Gasteiger partial charge is 0.383 e. The van der Waals surface area contributed by atoms with Crippen molar-refractivity contribution < 1.29 is 14.3 Å². The molecule has 104 valence electrons. The maximum absolute atomic E-state index is 12.2. The number of carbonyl (C=O) groups excluding carboxylic acids is 1. The number of aromatic nitrogens is 2. The highest BCUT2D eigenvalue weighted by molar-refractivity contribution is 5.92.